The molecular weight excluding hydrogens is 234 g/mol. The lowest BCUT2D eigenvalue weighted by Gasteiger charge is -2.12. The summed E-state index contributed by atoms with van der Waals surface area (Å²) in [5.41, 5.74) is 8.28. The van der Waals surface area contributed by atoms with Crippen LogP contribution in [0.25, 0.3) is 0 Å². The summed E-state index contributed by atoms with van der Waals surface area (Å²) in [5, 5.41) is 4.96. The molecule has 0 saturated heterocycles. The fraction of sp³-hybridized carbons (Fsp3) is 0.308. The van der Waals surface area contributed by atoms with E-state index in [9.17, 15) is 0 Å². The van der Waals surface area contributed by atoms with Gasteiger partial charge < -0.3 is 5.73 Å². The molecule has 0 aliphatic rings. The summed E-state index contributed by atoms with van der Waals surface area (Å²) in [6.45, 7) is 2.94. The van der Waals surface area contributed by atoms with Crippen molar-refractivity contribution in [3.05, 3.63) is 52.8 Å². The van der Waals surface area contributed by atoms with E-state index in [1.165, 1.54) is 0 Å². The van der Waals surface area contributed by atoms with Crippen LogP contribution >= 0.6 is 11.6 Å². The van der Waals surface area contributed by atoms with E-state index in [0.29, 0.717) is 0 Å². The summed E-state index contributed by atoms with van der Waals surface area (Å²) in [5.74, 6) is 0. The Morgan fingerprint density at radius 2 is 2.18 bits per heavy atom. The lowest BCUT2D eigenvalue weighted by atomic mass is 10.0. The summed E-state index contributed by atoms with van der Waals surface area (Å²) in [7, 11) is 0. The van der Waals surface area contributed by atoms with Gasteiger partial charge in [0.2, 0.25) is 0 Å². The van der Waals surface area contributed by atoms with Crippen molar-refractivity contribution in [3.8, 4) is 0 Å². The van der Waals surface area contributed by atoms with Crippen molar-refractivity contribution in [3.63, 3.8) is 0 Å². The van der Waals surface area contributed by atoms with E-state index >= 15 is 0 Å². The predicted octanol–water partition coefficient (Wildman–Crippen LogP) is 2.80. The fourth-order valence-corrected chi connectivity index (χ4v) is 2.10. The number of rotatable bonds is 4. The van der Waals surface area contributed by atoms with Crippen LogP contribution in [0.5, 0.6) is 0 Å². The van der Waals surface area contributed by atoms with Crippen molar-refractivity contribution in [2.24, 2.45) is 5.73 Å². The number of halogens is 1. The van der Waals surface area contributed by atoms with E-state index in [0.717, 1.165) is 29.1 Å². The van der Waals surface area contributed by atoms with Gasteiger partial charge in [-0.15, -0.1) is 0 Å². The molecule has 0 aliphatic carbocycles. The van der Waals surface area contributed by atoms with Crippen molar-refractivity contribution < 1.29 is 0 Å². The Morgan fingerprint density at radius 1 is 1.41 bits per heavy atom. The number of nitrogens with two attached hydrogens (primary N) is 1. The number of nitrogens with zero attached hydrogens (tertiary/aromatic N) is 2. The summed E-state index contributed by atoms with van der Waals surface area (Å²) < 4.78 is 1.90. The zero-order chi connectivity index (χ0) is 12.3. The van der Waals surface area contributed by atoms with Crippen molar-refractivity contribution >= 4 is 11.6 Å². The van der Waals surface area contributed by atoms with Gasteiger partial charge in [-0.2, -0.15) is 5.10 Å². The van der Waals surface area contributed by atoms with Crippen molar-refractivity contribution in [2.45, 2.75) is 25.9 Å². The maximum Gasteiger partial charge on any atom is 0.0522 e. The number of hydrogen-bond donors (Lipinski definition) is 1. The Bertz CT molecular complexity index is 493. The Kier molecular flexibility index (Phi) is 3.82. The molecule has 2 rings (SSSR count). The molecule has 0 bridgehead atoms. The SMILES string of the molecule is CCn1cc(CC(N)c2ccccc2Cl)cn1. The molecule has 17 heavy (non-hydrogen) atoms. The molecule has 1 atom stereocenters. The van der Waals surface area contributed by atoms with E-state index in [4.69, 9.17) is 17.3 Å². The second-order valence-corrected chi connectivity index (χ2v) is 4.44. The largest absolute Gasteiger partial charge is 0.324 e. The molecule has 2 N–H and O–H groups in total. The molecular formula is C13H16ClN3. The third-order valence-electron chi connectivity index (χ3n) is 2.77. The van der Waals surface area contributed by atoms with Gasteiger partial charge in [0.05, 0.1) is 6.20 Å². The molecule has 90 valence electrons. The number of benzene rings is 1. The highest BCUT2D eigenvalue weighted by molar-refractivity contribution is 6.31. The highest BCUT2D eigenvalue weighted by Gasteiger charge is 2.11. The first-order valence-corrected chi connectivity index (χ1v) is 6.10. The van der Waals surface area contributed by atoms with Crippen LogP contribution in [0.3, 0.4) is 0 Å². The lowest BCUT2D eigenvalue weighted by Crippen LogP contribution is -2.13. The van der Waals surface area contributed by atoms with Crippen LogP contribution in [0.15, 0.2) is 36.7 Å². The summed E-state index contributed by atoms with van der Waals surface area (Å²) in [6.07, 6.45) is 4.64. The van der Waals surface area contributed by atoms with Crippen LogP contribution in [0.1, 0.15) is 24.1 Å². The van der Waals surface area contributed by atoms with Gasteiger partial charge in [-0.1, -0.05) is 29.8 Å². The molecule has 3 nitrogen and oxygen atoms in total. The molecule has 0 amide bonds. The van der Waals surface area contributed by atoms with Crippen molar-refractivity contribution in [1.82, 2.24) is 9.78 Å². The van der Waals surface area contributed by atoms with Crippen molar-refractivity contribution in [1.29, 1.82) is 0 Å². The Balaban J connectivity index is 2.11. The van der Waals surface area contributed by atoms with Gasteiger partial charge in [0.25, 0.3) is 0 Å². The predicted molar refractivity (Wildman–Crippen MR) is 70.0 cm³/mol. The van der Waals surface area contributed by atoms with Gasteiger partial charge in [-0.05, 0) is 30.5 Å². The van der Waals surface area contributed by atoms with Crippen molar-refractivity contribution in [2.75, 3.05) is 0 Å². The van der Waals surface area contributed by atoms with E-state index < -0.39 is 0 Å². The Labute approximate surface area is 106 Å². The fourth-order valence-electron chi connectivity index (χ4n) is 1.82. The van der Waals surface area contributed by atoms with Crippen LogP contribution in [-0.2, 0) is 13.0 Å². The summed E-state index contributed by atoms with van der Waals surface area (Å²) in [4.78, 5) is 0. The Morgan fingerprint density at radius 3 is 2.82 bits per heavy atom. The molecule has 0 spiro atoms. The molecule has 0 aliphatic heterocycles. The third kappa shape index (κ3) is 2.87. The van der Waals surface area contributed by atoms with E-state index in [2.05, 4.69) is 12.0 Å². The zero-order valence-electron chi connectivity index (χ0n) is 9.81. The molecule has 1 aromatic heterocycles. The molecule has 2 aromatic rings. The van der Waals surface area contributed by atoms with E-state index in [-0.39, 0.29) is 6.04 Å². The monoisotopic (exact) mass is 249 g/mol. The van der Waals surface area contributed by atoms with Gasteiger partial charge in [0, 0.05) is 23.8 Å². The van der Waals surface area contributed by atoms with E-state index in [1.807, 2.05) is 41.3 Å². The van der Waals surface area contributed by atoms with Gasteiger partial charge in [0.1, 0.15) is 0 Å². The van der Waals surface area contributed by atoms with Crippen LogP contribution < -0.4 is 5.73 Å². The van der Waals surface area contributed by atoms with E-state index in [1.54, 1.807) is 0 Å². The molecule has 1 unspecified atom stereocenters. The average molecular weight is 250 g/mol. The zero-order valence-corrected chi connectivity index (χ0v) is 10.6. The maximum atomic E-state index is 6.16. The van der Waals surface area contributed by atoms with Gasteiger partial charge >= 0.3 is 0 Å². The first-order valence-electron chi connectivity index (χ1n) is 5.72. The van der Waals surface area contributed by atoms with Crippen LogP contribution in [0.4, 0.5) is 0 Å². The number of hydrogen-bond acceptors (Lipinski definition) is 2. The van der Waals surface area contributed by atoms with Gasteiger partial charge in [0.15, 0.2) is 0 Å². The highest BCUT2D eigenvalue weighted by atomic mass is 35.5. The highest BCUT2D eigenvalue weighted by Crippen LogP contribution is 2.23. The van der Waals surface area contributed by atoms with Gasteiger partial charge in [-0.25, -0.2) is 0 Å². The average Bonchev–Trinajstić information content (AvgIpc) is 2.77. The summed E-state index contributed by atoms with van der Waals surface area (Å²) in [6, 6.07) is 7.62. The summed E-state index contributed by atoms with van der Waals surface area (Å²) >= 11 is 6.12. The minimum Gasteiger partial charge on any atom is -0.324 e. The molecule has 0 saturated carbocycles. The lowest BCUT2D eigenvalue weighted by molar-refractivity contribution is 0.657. The Hall–Kier alpha value is -1.32. The topological polar surface area (TPSA) is 43.8 Å². The number of aryl methyl sites for hydroxylation is 1. The van der Waals surface area contributed by atoms with Gasteiger partial charge in [-0.3, -0.25) is 4.68 Å². The quantitative estimate of drug-likeness (QED) is 0.906. The first-order chi connectivity index (χ1) is 8.20. The molecule has 4 heteroatoms. The van der Waals surface area contributed by atoms with Crippen LogP contribution in [-0.4, -0.2) is 9.78 Å². The molecule has 1 aromatic carbocycles. The number of aromatic nitrogens is 2. The first kappa shape index (κ1) is 12.1. The third-order valence-corrected chi connectivity index (χ3v) is 3.12. The van der Waals surface area contributed by atoms with Crippen LogP contribution in [0.2, 0.25) is 5.02 Å². The minimum atomic E-state index is -0.0850. The molecule has 1 heterocycles. The second-order valence-electron chi connectivity index (χ2n) is 4.04. The smallest absolute Gasteiger partial charge is 0.0522 e. The molecule has 0 radical (unpaired) electrons. The maximum absolute atomic E-state index is 6.16. The molecule has 0 fully saturated rings. The minimum absolute atomic E-state index is 0.0850. The standard InChI is InChI=1S/C13H16ClN3/c1-2-17-9-10(8-16-17)7-13(15)11-5-3-4-6-12(11)14/h3-6,8-9,13H,2,7,15H2,1H3. The normalized spacial score (nSPS) is 12.6. The second kappa shape index (κ2) is 5.34. The van der Waals surface area contributed by atoms with Crippen LogP contribution in [0, 0.1) is 0 Å².